The number of aryl methyl sites for hydroxylation is 1. The number of fused-ring (bicyclic) bond motifs is 1. The van der Waals surface area contributed by atoms with Gasteiger partial charge in [0, 0.05) is 38.6 Å². The Labute approximate surface area is 198 Å². The Bertz CT molecular complexity index is 1140. The molecule has 0 aliphatic carbocycles. The monoisotopic (exact) mass is 463 g/mol. The molecule has 0 saturated heterocycles. The number of benzene rings is 1. The molecule has 0 bridgehead atoms. The van der Waals surface area contributed by atoms with Crippen LogP contribution in [0.2, 0.25) is 0 Å². The lowest BCUT2D eigenvalue weighted by Crippen LogP contribution is -2.37. The molecule has 0 atom stereocenters. The first kappa shape index (κ1) is 23.5. The van der Waals surface area contributed by atoms with E-state index in [1.807, 2.05) is 43.5 Å². The molecule has 2 amide bonds. The van der Waals surface area contributed by atoms with E-state index in [1.54, 1.807) is 24.1 Å². The van der Waals surface area contributed by atoms with Crippen LogP contribution in [0.15, 0.2) is 53.1 Å². The van der Waals surface area contributed by atoms with Crippen LogP contribution in [0, 0.1) is 6.92 Å². The maximum absolute atomic E-state index is 12.9. The summed E-state index contributed by atoms with van der Waals surface area (Å²) in [6, 6.07) is 12.9. The average molecular weight is 464 g/mol. The molecular weight excluding hydrogens is 434 g/mol. The van der Waals surface area contributed by atoms with Gasteiger partial charge >= 0.3 is 0 Å². The number of furan rings is 1. The molecule has 0 fully saturated rings. The highest BCUT2D eigenvalue weighted by Crippen LogP contribution is 2.25. The highest BCUT2D eigenvalue weighted by molar-refractivity contribution is 5.91. The van der Waals surface area contributed by atoms with E-state index in [-0.39, 0.29) is 18.2 Å². The summed E-state index contributed by atoms with van der Waals surface area (Å²) in [5, 5.41) is 2.98. The lowest BCUT2D eigenvalue weighted by atomic mass is 9.94. The Kier molecular flexibility index (Phi) is 7.59. The average Bonchev–Trinajstić information content (AvgIpc) is 3.32. The summed E-state index contributed by atoms with van der Waals surface area (Å²) in [7, 11) is 1.58. The third kappa shape index (κ3) is 5.63. The molecule has 3 heterocycles. The lowest BCUT2D eigenvalue weighted by Gasteiger charge is -2.30. The van der Waals surface area contributed by atoms with E-state index in [9.17, 15) is 9.59 Å². The molecule has 3 aromatic rings. The second-order valence-electron chi connectivity index (χ2n) is 8.19. The summed E-state index contributed by atoms with van der Waals surface area (Å²) in [6.07, 6.45) is 2.78. The molecule has 8 nitrogen and oxygen atoms in total. The number of nitrogens with one attached hydrogen (secondary N) is 1. The summed E-state index contributed by atoms with van der Waals surface area (Å²) < 4.78 is 16.3. The third-order valence-electron chi connectivity index (χ3n) is 5.85. The van der Waals surface area contributed by atoms with Crippen LogP contribution in [0.25, 0.3) is 0 Å². The Balaban J connectivity index is 1.34. The first-order chi connectivity index (χ1) is 16.5. The summed E-state index contributed by atoms with van der Waals surface area (Å²) in [6.45, 7) is 4.01. The van der Waals surface area contributed by atoms with Gasteiger partial charge in [-0.2, -0.15) is 0 Å². The third-order valence-corrected chi connectivity index (χ3v) is 5.85. The zero-order valence-corrected chi connectivity index (χ0v) is 19.5. The Morgan fingerprint density at radius 2 is 2.00 bits per heavy atom. The van der Waals surface area contributed by atoms with E-state index in [1.165, 1.54) is 0 Å². The van der Waals surface area contributed by atoms with Crippen LogP contribution < -0.4 is 10.1 Å². The number of carbonyl (C=O) groups is 2. The molecule has 0 unspecified atom stereocenters. The van der Waals surface area contributed by atoms with E-state index in [4.69, 9.17) is 13.9 Å². The topological polar surface area (TPSA) is 93.9 Å². The zero-order valence-electron chi connectivity index (χ0n) is 19.5. The Hall–Kier alpha value is -3.65. The maximum atomic E-state index is 12.9. The Morgan fingerprint density at radius 1 is 1.18 bits per heavy atom. The van der Waals surface area contributed by atoms with Crippen molar-refractivity contribution in [2.24, 2.45) is 0 Å². The summed E-state index contributed by atoms with van der Waals surface area (Å²) >= 11 is 0. The zero-order chi connectivity index (χ0) is 23.9. The summed E-state index contributed by atoms with van der Waals surface area (Å²) in [4.78, 5) is 31.5. The van der Waals surface area contributed by atoms with Crippen molar-refractivity contribution in [3.05, 3.63) is 82.6 Å². The number of methoxy groups -OCH3 is 1. The van der Waals surface area contributed by atoms with Gasteiger partial charge in [-0.15, -0.1) is 0 Å². The van der Waals surface area contributed by atoms with Crippen LogP contribution in [0.3, 0.4) is 0 Å². The molecule has 1 aliphatic heterocycles. The number of hydrogen-bond acceptors (Lipinski definition) is 6. The van der Waals surface area contributed by atoms with Gasteiger partial charge in [-0.1, -0.05) is 18.2 Å². The molecular formula is C26H29N3O5. The van der Waals surface area contributed by atoms with E-state index in [2.05, 4.69) is 10.3 Å². The van der Waals surface area contributed by atoms with Crippen LogP contribution in [-0.4, -0.2) is 42.0 Å². The molecule has 4 rings (SSSR count). The van der Waals surface area contributed by atoms with E-state index < -0.39 is 0 Å². The number of aromatic nitrogens is 1. The number of para-hydroxylation sites is 1. The van der Waals surface area contributed by atoms with Gasteiger partial charge in [0.05, 0.1) is 13.0 Å². The fourth-order valence-corrected chi connectivity index (χ4v) is 4.05. The van der Waals surface area contributed by atoms with Crippen molar-refractivity contribution in [2.75, 3.05) is 20.3 Å². The van der Waals surface area contributed by atoms with Gasteiger partial charge in [-0.25, -0.2) is 0 Å². The van der Waals surface area contributed by atoms with Gasteiger partial charge < -0.3 is 24.1 Å². The van der Waals surface area contributed by atoms with E-state index in [0.717, 1.165) is 28.1 Å². The van der Waals surface area contributed by atoms with Crippen molar-refractivity contribution in [3.8, 4) is 5.75 Å². The first-order valence-corrected chi connectivity index (χ1v) is 11.3. The van der Waals surface area contributed by atoms with Gasteiger partial charge in [0.1, 0.15) is 18.1 Å². The molecule has 1 aliphatic rings. The van der Waals surface area contributed by atoms with Gasteiger partial charge in [0.2, 0.25) is 5.91 Å². The highest BCUT2D eigenvalue weighted by atomic mass is 16.5. The van der Waals surface area contributed by atoms with Crippen molar-refractivity contribution >= 4 is 11.8 Å². The minimum atomic E-state index is -0.151. The van der Waals surface area contributed by atoms with Gasteiger partial charge in [-0.05, 0) is 54.3 Å². The van der Waals surface area contributed by atoms with Crippen LogP contribution in [0.4, 0.5) is 0 Å². The SMILES string of the molecule is COCc1ccc(C(=O)N2CCc3c(cnc(C)c3CNC(=O)CCOc3ccccc3)C2)o1. The van der Waals surface area contributed by atoms with Crippen molar-refractivity contribution in [3.63, 3.8) is 0 Å². The van der Waals surface area contributed by atoms with Crippen molar-refractivity contribution in [2.45, 2.75) is 39.5 Å². The number of pyridine rings is 1. The minimum absolute atomic E-state index is 0.0785. The maximum Gasteiger partial charge on any atom is 0.289 e. The summed E-state index contributed by atoms with van der Waals surface area (Å²) in [5.74, 6) is 1.44. The summed E-state index contributed by atoms with van der Waals surface area (Å²) in [5.41, 5.74) is 4.04. The fourth-order valence-electron chi connectivity index (χ4n) is 4.05. The van der Waals surface area contributed by atoms with Crippen LogP contribution in [0.1, 0.15) is 45.1 Å². The van der Waals surface area contributed by atoms with E-state index >= 15 is 0 Å². The number of nitrogens with zero attached hydrogens (tertiary/aromatic N) is 2. The first-order valence-electron chi connectivity index (χ1n) is 11.3. The quantitative estimate of drug-likeness (QED) is 0.523. The molecule has 34 heavy (non-hydrogen) atoms. The minimum Gasteiger partial charge on any atom is -0.493 e. The van der Waals surface area contributed by atoms with Crippen molar-refractivity contribution in [1.29, 1.82) is 0 Å². The van der Waals surface area contributed by atoms with Crippen LogP contribution in [-0.2, 0) is 35.6 Å². The predicted molar refractivity (Wildman–Crippen MR) is 125 cm³/mol. The van der Waals surface area contributed by atoms with E-state index in [0.29, 0.717) is 50.8 Å². The second-order valence-corrected chi connectivity index (χ2v) is 8.19. The van der Waals surface area contributed by atoms with Gasteiger partial charge in [0.25, 0.3) is 5.91 Å². The lowest BCUT2D eigenvalue weighted by molar-refractivity contribution is -0.121. The number of rotatable bonds is 9. The molecule has 0 spiro atoms. The molecule has 0 radical (unpaired) electrons. The number of hydrogen-bond donors (Lipinski definition) is 1. The van der Waals surface area contributed by atoms with Gasteiger partial charge in [0.15, 0.2) is 5.76 Å². The van der Waals surface area contributed by atoms with Crippen molar-refractivity contribution < 1.29 is 23.5 Å². The highest BCUT2D eigenvalue weighted by Gasteiger charge is 2.26. The van der Waals surface area contributed by atoms with Crippen LogP contribution in [0.5, 0.6) is 5.75 Å². The predicted octanol–water partition coefficient (Wildman–Crippen LogP) is 3.41. The molecule has 1 N–H and O–H groups in total. The number of carbonyl (C=O) groups excluding carboxylic acids is 2. The van der Waals surface area contributed by atoms with Crippen LogP contribution >= 0.6 is 0 Å². The smallest absolute Gasteiger partial charge is 0.289 e. The normalized spacial score (nSPS) is 12.8. The van der Waals surface area contributed by atoms with Gasteiger partial charge in [-0.3, -0.25) is 14.6 Å². The molecule has 2 aromatic heterocycles. The molecule has 178 valence electrons. The largest absolute Gasteiger partial charge is 0.493 e. The number of amides is 2. The Morgan fingerprint density at radius 3 is 2.79 bits per heavy atom. The standard InChI is InChI=1S/C26H29N3O5/c1-18-23(15-28-25(30)11-13-33-20-6-4-3-5-7-20)22-10-12-29(16-19(22)14-27-18)26(31)24-9-8-21(34-24)17-32-2/h3-9,14H,10-13,15-17H2,1-2H3,(H,28,30). The second kappa shape index (κ2) is 11.0. The molecule has 8 heteroatoms. The van der Waals surface area contributed by atoms with Crippen molar-refractivity contribution in [1.82, 2.24) is 15.2 Å². The molecule has 1 aromatic carbocycles. The fraction of sp³-hybridized carbons (Fsp3) is 0.346. The number of ether oxygens (including phenoxy) is 2. The molecule has 0 saturated carbocycles.